The average Bonchev–Trinajstić information content (AvgIpc) is 2.60. The molecule has 4 heteroatoms. The quantitative estimate of drug-likeness (QED) is 0.692. The smallest absolute Gasteiger partial charge is 0.224 e. The zero-order valence-corrected chi connectivity index (χ0v) is 14.4. The van der Waals surface area contributed by atoms with Crippen LogP contribution in [-0.4, -0.2) is 19.6 Å². The standard InChI is InChI=1S/C20H25NO3/c1-3-6-16-10-12-18(13-11-16)24-14-5-9-20(22)21-17-7-4-8-19(15-17)23-2/h4,7-8,10-13,15H,3,5-6,9,14H2,1-2H3,(H,21,22). The summed E-state index contributed by atoms with van der Waals surface area (Å²) in [6.07, 6.45) is 3.32. The van der Waals surface area contributed by atoms with Crippen LogP contribution >= 0.6 is 0 Å². The molecule has 0 heterocycles. The molecule has 0 saturated heterocycles. The van der Waals surface area contributed by atoms with Crippen LogP contribution in [0.2, 0.25) is 0 Å². The van der Waals surface area contributed by atoms with Gasteiger partial charge >= 0.3 is 0 Å². The topological polar surface area (TPSA) is 47.6 Å². The summed E-state index contributed by atoms with van der Waals surface area (Å²) in [5.41, 5.74) is 2.06. The van der Waals surface area contributed by atoms with Crippen LogP contribution in [0.3, 0.4) is 0 Å². The van der Waals surface area contributed by atoms with Crippen molar-refractivity contribution in [1.29, 1.82) is 0 Å². The van der Waals surface area contributed by atoms with E-state index in [9.17, 15) is 4.79 Å². The Balaban J connectivity index is 1.68. The Morgan fingerprint density at radius 1 is 1.08 bits per heavy atom. The van der Waals surface area contributed by atoms with Gasteiger partial charge in [0, 0.05) is 18.2 Å². The Bertz CT molecular complexity index is 638. The summed E-state index contributed by atoms with van der Waals surface area (Å²) < 4.78 is 10.8. The van der Waals surface area contributed by atoms with Crippen molar-refractivity contribution in [2.45, 2.75) is 32.6 Å². The van der Waals surface area contributed by atoms with Gasteiger partial charge in [0.2, 0.25) is 5.91 Å². The van der Waals surface area contributed by atoms with E-state index < -0.39 is 0 Å². The van der Waals surface area contributed by atoms with E-state index in [1.54, 1.807) is 13.2 Å². The van der Waals surface area contributed by atoms with Crippen LogP contribution in [0.25, 0.3) is 0 Å². The van der Waals surface area contributed by atoms with Crippen molar-refractivity contribution in [3.63, 3.8) is 0 Å². The third-order valence-corrected chi connectivity index (χ3v) is 3.63. The number of rotatable bonds is 9. The van der Waals surface area contributed by atoms with Crippen molar-refractivity contribution in [3.8, 4) is 11.5 Å². The van der Waals surface area contributed by atoms with Gasteiger partial charge in [-0.25, -0.2) is 0 Å². The number of benzene rings is 2. The number of hydrogen-bond acceptors (Lipinski definition) is 3. The summed E-state index contributed by atoms with van der Waals surface area (Å²) in [4.78, 5) is 11.9. The molecule has 2 rings (SSSR count). The molecule has 0 saturated carbocycles. The van der Waals surface area contributed by atoms with Gasteiger partial charge in [0.1, 0.15) is 11.5 Å². The van der Waals surface area contributed by atoms with Crippen LogP contribution < -0.4 is 14.8 Å². The molecule has 2 aromatic rings. The molecule has 0 spiro atoms. The Morgan fingerprint density at radius 2 is 1.88 bits per heavy atom. The van der Waals surface area contributed by atoms with E-state index in [1.165, 1.54) is 5.56 Å². The predicted molar refractivity (Wildman–Crippen MR) is 96.8 cm³/mol. The minimum Gasteiger partial charge on any atom is -0.497 e. The van der Waals surface area contributed by atoms with Crippen molar-refractivity contribution in [2.24, 2.45) is 0 Å². The number of hydrogen-bond donors (Lipinski definition) is 1. The fourth-order valence-corrected chi connectivity index (χ4v) is 2.39. The van der Waals surface area contributed by atoms with Crippen LogP contribution in [0.15, 0.2) is 48.5 Å². The monoisotopic (exact) mass is 327 g/mol. The number of amides is 1. The summed E-state index contributed by atoms with van der Waals surface area (Å²) in [6.45, 7) is 2.69. The molecule has 0 aliphatic heterocycles. The fourth-order valence-electron chi connectivity index (χ4n) is 2.39. The first-order valence-electron chi connectivity index (χ1n) is 8.37. The lowest BCUT2D eigenvalue weighted by Gasteiger charge is -2.08. The molecule has 0 unspecified atom stereocenters. The molecule has 0 bridgehead atoms. The highest BCUT2D eigenvalue weighted by molar-refractivity contribution is 5.90. The number of methoxy groups -OCH3 is 1. The van der Waals surface area contributed by atoms with E-state index in [4.69, 9.17) is 9.47 Å². The highest BCUT2D eigenvalue weighted by atomic mass is 16.5. The number of carbonyl (C=O) groups excluding carboxylic acids is 1. The molecular weight excluding hydrogens is 302 g/mol. The summed E-state index contributed by atoms with van der Waals surface area (Å²) in [7, 11) is 1.60. The molecule has 24 heavy (non-hydrogen) atoms. The van der Waals surface area contributed by atoms with Crippen LogP contribution in [0.4, 0.5) is 5.69 Å². The van der Waals surface area contributed by atoms with E-state index in [-0.39, 0.29) is 5.91 Å². The normalized spacial score (nSPS) is 10.2. The molecule has 0 atom stereocenters. The lowest BCUT2D eigenvalue weighted by molar-refractivity contribution is -0.116. The predicted octanol–water partition coefficient (Wildman–Crippen LogP) is 4.45. The largest absolute Gasteiger partial charge is 0.497 e. The molecule has 1 N–H and O–H groups in total. The first-order valence-corrected chi connectivity index (χ1v) is 8.37. The summed E-state index contributed by atoms with van der Waals surface area (Å²) in [5.74, 6) is 1.55. The van der Waals surface area contributed by atoms with Gasteiger partial charge in [-0.05, 0) is 42.7 Å². The van der Waals surface area contributed by atoms with Crippen molar-refractivity contribution in [2.75, 3.05) is 19.0 Å². The van der Waals surface area contributed by atoms with Gasteiger partial charge in [-0.2, -0.15) is 0 Å². The minimum absolute atomic E-state index is 0.0230. The third-order valence-electron chi connectivity index (χ3n) is 3.63. The molecule has 0 aromatic heterocycles. The molecule has 0 radical (unpaired) electrons. The zero-order valence-electron chi connectivity index (χ0n) is 14.4. The summed E-state index contributed by atoms with van der Waals surface area (Å²) in [5, 5.41) is 2.86. The van der Waals surface area contributed by atoms with Crippen molar-refractivity contribution < 1.29 is 14.3 Å². The molecule has 4 nitrogen and oxygen atoms in total. The first kappa shape index (κ1) is 17.9. The SMILES string of the molecule is CCCc1ccc(OCCCC(=O)Nc2cccc(OC)c2)cc1. The Hall–Kier alpha value is -2.49. The van der Waals surface area contributed by atoms with Gasteiger partial charge in [0.25, 0.3) is 0 Å². The molecule has 0 aliphatic carbocycles. The Morgan fingerprint density at radius 3 is 2.58 bits per heavy atom. The second-order valence-electron chi connectivity index (χ2n) is 5.63. The van der Waals surface area contributed by atoms with Crippen molar-refractivity contribution in [1.82, 2.24) is 0 Å². The summed E-state index contributed by atoms with van der Waals surface area (Å²) in [6, 6.07) is 15.5. The van der Waals surface area contributed by atoms with Gasteiger partial charge < -0.3 is 14.8 Å². The second kappa shape index (κ2) is 9.60. The summed E-state index contributed by atoms with van der Waals surface area (Å²) >= 11 is 0. The number of ether oxygens (including phenoxy) is 2. The van der Waals surface area contributed by atoms with Crippen LogP contribution in [0, 0.1) is 0 Å². The number of aryl methyl sites for hydroxylation is 1. The average molecular weight is 327 g/mol. The van der Waals surface area contributed by atoms with E-state index >= 15 is 0 Å². The highest BCUT2D eigenvalue weighted by Gasteiger charge is 2.04. The second-order valence-corrected chi connectivity index (χ2v) is 5.63. The molecule has 128 valence electrons. The van der Waals surface area contributed by atoms with E-state index in [2.05, 4.69) is 24.4 Å². The van der Waals surface area contributed by atoms with Crippen LogP contribution in [-0.2, 0) is 11.2 Å². The molecule has 0 aliphatic rings. The Labute approximate surface area is 143 Å². The first-order chi connectivity index (χ1) is 11.7. The highest BCUT2D eigenvalue weighted by Crippen LogP contribution is 2.17. The van der Waals surface area contributed by atoms with E-state index in [1.807, 2.05) is 30.3 Å². The Kier molecular flexibility index (Phi) is 7.15. The molecule has 2 aromatic carbocycles. The maximum Gasteiger partial charge on any atom is 0.224 e. The van der Waals surface area contributed by atoms with E-state index in [0.29, 0.717) is 19.4 Å². The number of anilines is 1. The number of carbonyl (C=O) groups is 1. The van der Waals surface area contributed by atoms with Crippen molar-refractivity contribution >= 4 is 11.6 Å². The number of nitrogens with one attached hydrogen (secondary N) is 1. The van der Waals surface area contributed by atoms with Crippen LogP contribution in [0.1, 0.15) is 31.7 Å². The van der Waals surface area contributed by atoms with Gasteiger partial charge in [-0.3, -0.25) is 4.79 Å². The zero-order chi connectivity index (χ0) is 17.2. The molecule has 1 amide bonds. The van der Waals surface area contributed by atoms with Gasteiger partial charge in [-0.1, -0.05) is 31.5 Å². The molecular formula is C20H25NO3. The van der Waals surface area contributed by atoms with Crippen molar-refractivity contribution in [3.05, 3.63) is 54.1 Å². The third kappa shape index (κ3) is 5.95. The molecule has 0 fully saturated rings. The maximum atomic E-state index is 11.9. The lowest BCUT2D eigenvalue weighted by atomic mass is 10.1. The van der Waals surface area contributed by atoms with Crippen LogP contribution in [0.5, 0.6) is 11.5 Å². The van der Waals surface area contributed by atoms with E-state index in [0.717, 1.165) is 30.0 Å². The van der Waals surface area contributed by atoms with Gasteiger partial charge in [-0.15, -0.1) is 0 Å². The van der Waals surface area contributed by atoms with Gasteiger partial charge in [0.05, 0.1) is 13.7 Å². The fraction of sp³-hybridized carbons (Fsp3) is 0.350. The lowest BCUT2D eigenvalue weighted by Crippen LogP contribution is -2.12. The van der Waals surface area contributed by atoms with Gasteiger partial charge in [0.15, 0.2) is 0 Å². The maximum absolute atomic E-state index is 11.9. The minimum atomic E-state index is -0.0230.